The van der Waals surface area contributed by atoms with Crippen LogP contribution in [-0.2, 0) is 14.8 Å². The summed E-state index contributed by atoms with van der Waals surface area (Å²) in [5, 5.41) is 0. The lowest BCUT2D eigenvalue weighted by atomic mass is 9.81. The van der Waals surface area contributed by atoms with Crippen molar-refractivity contribution >= 4 is 10.0 Å². The van der Waals surface area contributed by atoms with Crippen molar-refractivity contribution in [3.63, 3.8) is 0 Å². The minimum atomic E-state index is -3.51. The van der Waals surface area contributed by atoms with E-state index in [1.807, 2.05) is 14.1 Å². The number of ether oxygens (including phenoxy) is 2. The lowest BCUT2D eigenvalue weighted by molar-refractivity contribution is 0.124. The maximum atomic E-state index is 13.0. The number of hydrogen-bond donors (Lipinski definition) is 0. The predicted molar refractivity (Wildman–Crippen MR) is 87.0 cm³/mol. The van der Waals surface area contributed by atoms with Gasteiger partial charge in [-0.05, 0) is 26.2 Å². The zero-order valence-electron chi connectivity index (χ0n) is 13.9. The van der Waals surface area contributed by atoms with Crippen molar-refractivity contribution in [1.82, 2.24) is 9.21 Å². The second-order valence-corrected chi connectivity index (χ2v) is 8.73. The van der Waals surface area contributed by atoms with Gasteiger partial charge in [-0.1, -0.05) is 6.07 Å². The summed E-state index contributed by atoms with van der Waals surface area (Å²) >= 11 is 0. The second-order valence-electron chi connectivity index (χ2n) is 6.79. The van der Waals surface area contributed by atoms with E-state index in [1.54, 1.807) is 28.6 Å². The molecule has 0 radical (unpaired) electrons. The van der Waals surface area contributed by atoms with E-state index in [2.05, 4.69) is 4.90 Å². The molecule has 0 bridgehead atoms. The number of rotatable bonds is 5. The van der Waals surface area contributed by atoms with E-state index in [1.165, 1.54) is 7.11 Å². The fourth-order valence-corrected chi connectivity index (χ4v) is 5.35. The van der Waals surface area contributed by atoms with Crippen molar-refractivity contribution < 1.29 is 17.9 Å². The van der Waals surface area contributed by atoms with Crippen molar-refractivity contribution in [3.8, 4) is 5.75 Å². The molecule has 6 nitrogen and oxygen atoms in total. The Balaban J connectivity index is 1.87. The molecule has 2 fully saturated rings. The standard InChI is InChI=1S/C16H24N2O4S/c1-17(2)10-16-11-18(8-13(16)9-22-12-16)23(19,20)15-6-4-5-14(7-15)21-3/h4-7,13H,8-12H2,1-3H3/t13-,16+/m1/s1. The molecule has 0 amide bonds. The predicted octanol–water partition coefficient (Wildman–Crippen LogP) is 0.894. The Morgan fingerprint density at radius 2 is 2.22 bits per heavy atom. The highest BCUT2D eigenvalue weighted by atomic mass is 32.2. The average Bonchev–Trinajstić information content (AvgIpc) is 3.03. The Morgan fingerprint density at radius 3 is 2.91 bits per heavy atom. The minimum Gasteiger partial charge on any atom is -0.497 e. The van der Waals surface area contributed by atoms with Crippen LogP contribution in [0.25, 0.3) is 0 Å². The Morgan fingerprint density at radius 1 is 1.43 bits per heavy atom. The van der Waals surface area contributed by atoms with Crippen molar-refractivity contribution in [2.24, 2.45) is 11.3 Å². The molecule has 3 rings (SSSR count). The molecule has 0 aliphatic carbocycles. The molecule has 0 N–H and O–H groups in total. The van der Waals surface area contributed by atoms with Crippen molar-refractivity contribution in [2.45, 2.75) is 4.90 Å². The summed E-state index contributed by atoms with van der Waals surface area (Å²) in [6, 6.07) is 6.67. The second kappa shape index (κ2) is 6.05. The van der Waals surface area contributed by atoms with E-state index in [4.69, 9.17) is 9.47 Å². The summed E-state index contributed by atoms with van der Waals surface area (Å²) in [4.78, 5) is 2.40. The maximum Gasteiger partial charge on any atom is 0.243 e. The molecule has 2 atom stereocenters. The summed E-state index contributed by atoms with van der Waals surface area (Å²) in [5.74, 6) is 0.807. The fourth-order valence-electron chi connectivity index (χ4n) is 3.73. The first kappa shape index (κ1) is 16.7. The first-order valence-electron chi connectivity index (χ1n) is 7.74. The average molecular weight is 340 g/mol. The zero-order chi connectivity index (χ0) is 16.7. The smallest absolute Gasteiger partial charge is 0.243 e. The van der Waals surface area contributed by atoms with E-state index in [-0.39, 0.29) is 16.2 Å². The molecule has 23 heavy (non-hydrogen) atoms. The van der Waals surface area contributed by atoms with Gasteiger partial charge < -0.3 is 14.4 Å². The highest BCUT2D eigenvalue weighted by Gasteiger charge is 2.53. The van der Waals surface area contributed by atoms with Gasteiger partial charge in [-0.3, -0.25) is 0 Å². The van der Waals surface area contributed by atoms with Crippen LogP contribution < -0.4 is 4.74 Å². The zero-order valence-corrected chi connectivity index (χ0v) is 14.7. The molecule has 0 spiro atoms. The Kier molecular flexibility index (Phi) is 4.39. The normalized spacial score (nSPS) is 28.3. The molecule has 0 aromatic heterocycles. The molecule has 2 heterocycles. The van der Waals surface area contributed by atoms with Gasteiger partial charge in [0.15, 0.2) is 0 Å². The van der Waals surface area contributed by atoms with Gasteiger partial charge in [0.1, 0.15) is 5.75 Å². The van der Waals surface area contributed by atoms with Crippen LogP contribution in [0.4, 0.5) is 0 Å². The molecule has 7 heteroatoms. The van der Waals surface area contributed by atoms with Crippen LogP contribution >= 0.6 is 0 Å². The molecule has 1 aromatic rings. The van der Waals surface area contributed by atoms with Crippen LogP contribution in [-0.4, -0.2) is 71.7 Å². The summed E-state index contributed by atoms with van der Waals surface area (Å²) in [5.41, 5.74) is -0.102. The lowest BCUT2D eigenvalue weighted by Crippen LogP contribution is -2.41. The number of methoxy groups -OCH3 is 1. The van der Waals surface area contributed by atoms with E-state index in [9.17, 15) is 8.42 Å². The van der Waals surface area contributed by atoms with E-state index in [0.717, 1.165) is 6.54 Å². The van der Waals surface area contributed by atoms with Gasteiger partial charge in [-0.25, -0.2) is 8.42 Å². The van der Waals surface area contributed by atoms with E-state index >= 15 is 0 Å². The van der Waals surface area contributed by atoms with Gasteiger partial charge in [0.05, 0.1) is 25.2 Å². The molecular formula is C16H24N2O4S. The van der Waals surface area contributed by atoms with Gasteiger partial charge in [0.2, 0.25) is 10.0 Å². The van der Waals surface area contributed by atoms with E-state index < -0.39 is 10.0 Å². The van der Waals surface area contributed by atoms with Gasteiger partial charge in [-0.2, -0.15) is 4.31 Å². The molecule has 128 valence electrons. The number of benzene rings is 1. The molecule has 2 saturated heterocycles. The lowest BCUT2D eigenvalue weighted by Gasteiger charge is -2.30. The molecule has 0 saturated carbocycles. The van der Waals surface area contributed by atoms with Crippen LogP contribution in [0, 0.1) is 11.3 Å². The molecule has 0 unspecified atom stereocenters. The quantitative estimate of drug-likeness (QED) is 0.797. The van der Waals surface area contributed by atoms with Crippen LogP contribution in [0.3, 0.4) is 0 Å². The SMILES string of the molecule is COc1cccc(S(=O)(=O)N2C[C@@H]3COC[C@]3(CN(C)C)C2)c1. The van der Waals surface area contributed by atoms with Crippen LogP contribution in [0.5, 0.6) is 5.75 Å². The van der Waals surface area contributed by atoms with Crippen molar-refractivity contribution in [2.75, 3.05) is 54.1 Å². The minimum absolute atomic E-state index is 0.102. The molecular weight excluding hydrogens is 316 g/mol. The van der Waals surface area contributed by atoms with Crippen LogP contribution in [0.2, 0.25) is 0 Å². The first-order valence-corrected chi connectivity index (χ1v) is 9.18. The number of hydrogen-bond acceptors (Lipinski definition) is 5. The van der Waals surface area contributed by atoms with Crippen molar-refractivity contribution in [3.05, 3.63) is 24.3 Å². The van der Waals surface area contributed by atoms with E-state index in [0.29, 0.717) is 32.1 Å². The summed E-state index contributed by atoms with van der Waals surface area (Å²) in [6.45, 7) is 3.13. The van der Waals surface area contributed by atoms with Crippen LogP contribution in [0.15, 0.2) is 29.2 Å². The van der Waals surface area contributed by atoms with Gasteiger partial charge in [-0.15, -0.1) is 0 Å². The van der Waals surface area contributed by atoms with Gasteiger partial charge >= 0.3 is 0 Å². The third-order valence-electron chi connectivity index (χ3n) is 4.80. The summed E-state index contributed by atoms with van der Waals surface area (Å²) in [6.07, 6.45) is 0. The third kappa shape index (κ3) is 2.98. The summed E-state index contributed by atoms with van der Waals surface area (Å²) < 4.78 is 38.4. The highest BCUT2D eigenvalue weighted by Crippen LogP contribution is 2.43. The van der Waals surface area contributed by atoms with Gasteiger partial charge in [0.25, 0.3) is 0 Å². The van der Waals surface area contributed by atoms with Gasteiger partial charge in [0, 0.05) is 37.0 Å². The molecule has 1 aromatic carbocycles. The Labute approximate surface area is 138 Å². The molecule has 2 aliphatic rings. The summed E-state index contributed by atoms with van der Waals surface area (Å²) in [7, 11) is 2.06. The maximum absolute atomic E-state index is 13.0. The number of nitrogens with zero attached hydrogens (tertiary/aromatic N) is 2. The highest BCUT2D eigenvalue weighted by molar-refractivity contribution is 7.89. The molecule has 2 aliphatic heterocycles. The Bertz CT molecular complexity index is 676. The third-order valence-corrected chi connectivity index (χ3v) is 6.61. The Hall–Kier alpha value is -1.15. The largest absolute Gasteiger partial charge is 0.497 e. The number of fused-ring (bicyclic) bond motifs is 1. The topological polar surface area (TPSA) is 59.1 Å². The monoisotopic (exact) mass is 340 g/mol. The fraction of sp³-hybridized carbons (Fsp3) is 0.625. The van der Waals surface area contributed by atoms with Crippen molar-refractivity contribution in [1.29, 1.82) is 0 Å². The number of sulfonamides is 1. The first-order chi connectivity index (χ1) is 10.9. The van der Waals surface area contributed by atoms with Crippen LogP contribution in [0.1, 0.15) is 0 Å².